The van der Waals surface area contributed by atoms with Crippen molar-refractivity contribution in [3.8, 4) is 23.1 Å². The molecule has 0 bridgehead atoms. The third kappa shape index (κ3) is 6.86. The first-order chi connectivity index (χ1) is 21.2. The zero-order chi connectivity index (χ0) is 30.8. The number of fused-ring (bicyclic) bond motifs is 2. The van der Waals surface area contributed by atoms with Gasteiger partial charge in [-0.15, -0.1) is 0 Å². The fourth-order valence-corrected chi connectivity index (χ4v) is 7.06. The molecule has 2 aromatic carbocycles. The maximum atomic E-state index is 12.5. The standard InChI is InChI=1S/C32H36ClN5O5S/c1-44(41,42)37-12-9-30-27(21-37)31(35-38(30)11-2-10-36-13-15-43-16-14-36)25-7-8-28(33)24(18-25)6-4-22-3-5-23-19-29(32(39)40)34-20-26(23)17-22/h3,5,7-8,17-18,29,34H,2,9-16,19-21H2,1H3,(H,39,40)/t29-/m1/s1. The van der Waals surface area contributed by atoms with E-state index in [4.69, 9.17) is 21.4 Å². The minimum Gasteiger partial charge on any atom is -0.480 e. The van der Waals surface area contributed by atoms with Gasteiger partial charge in [0, 0.05) is 80.2 Å². The highest BCUT2D eigenvalue weighted by atomic mass is 35.5. The summed E-state index contributed by atoms with van der Waals surface area (Å²) >= 11 is 6.59. The second kappa shape index (κ2) is 13.0. The number of carbonyl (C=O) groups is 1. The van der Waals surface area contributed by atoms with Crippen molar-refractivity contribution >= 4 is 27.6 Å². The number of aromatic nitrogens is 2. The van der Waals surface area contributed by atoms with E-state index in [0.717, 1.165) is 85.0 Å². The molecule has 12 heteroatoms. The third-order valence-electron chi connectivity index (χ3n) is 8.56. The van der Waals surface area contributed by atoms with Crippen molar-refractivity contribution in [1.82, 2.24) is 24.3 Å². The summed E-state index contributed by atoms with van der Waals surface area (Å²) in [7, 11) is -3.36. The van der Waals surface area contributed by atoms with E-state index in [1.54, 1.807) is 0 Å². The van der Waals surface area contributed by atoms with Crippen molar-refractivity contribution in [3.63, 3.8) is 0 Å². The molecule has 4 heterocycles. The van der Waals surface area contributed by atoms with Crippen LogP contribution in [-0.4, -0.2) is 90.2 Å². The second-order valence-electron chi connectivity index (χ2n) is 11.6. The fourth-order valence-electron chi connectivity index (χ4n) is 6.11. The van der Waals surface area contributed by atoms with Gasteiger partial charge in [-0.3, -0.25) is 14.4 Å². The van der Waals surface area contributed by atoms with Gasteiger partial charge in [0.15, 0.2) is 0 Å². The lowest BCUT2D eigenvalue weighted by Gasteiger charge is -2.27. The molecule has 0 aliphatic carbocycles. The predicted molar refractivity (Wildman–Crippen MR) is 168 cm³/mol. The molecule has 1 atom stereocenters. The molecule has 0 spiro atoms. The average molecular weight is 638 g/mol. The van der Waals surface area contributed by atoms with E-state index in [1.165, 1.54) is 10.6 Å². The number of hydrogen-bond donors (Lipinski definition) is 2. The number of aliphatic carboxylic acids is 1. The molecule has 3 aliphatic rings. The Labute approximate surface area is 263 Å². The number of halogens is 1. The maximum absolute atomic E-state index is 12.5. The van der Waals surface area contributed by atoms with E-state index in [1.807, 2.05) is 36.4 Å². The first kappa shape index (κ1) is 30.8. The topological polar surface area (TPSA) is 117 Å². The molecule has 3 aromatic rings. The molecule has 0 unspecified atom stereocenters. The minimum absolute atomic E-state index is 0.280. The molecule has 44 heavy (non-hydrogen) atoms. The number of benzene rings is 2. The monoisotopic (exact) mass is 637 g/mol. The lowest BCUT2D eigenvalue weighted by Crippen LogP contribution is -2.41. The van der Waals surface area contributed by atoms with Gasteiger partial charge in [0.1, 0.15) is 6.04 Å². The Morgan fingerprint density at radius 2 is 1.93 bits per heavy atom. The molecule has 2 N–H and O–H groups in total. The van der Waals surface area contributed by atoms with Crippen LogP contribution in [0.1, 0.15) is 39.9 Å². The molecule has 10 nitrogen and oxygen atoms in total. The molecule has 0 amide bonds. The molecule has 1 saturated heterocycles. The van der Waals surface area contributed by atoms with E-state index >= 15 is 0 Å². The van der Waals surface area contributed by atoms with Gasteiger partial charge in [0.2, 0.25) is 10.0 Å². The van der Waals surface area contributed by atoms with Gasteiger partial charge in [0.25, 0.3) is 0 Å². The number of nitrogens with one attached hydrogen (secondary N) is 1. The van der Waals surface area contributed by atoms with Crippen molar-refractivity contribution in [2.45, 2.75) is 44.9 Å². The average Bonchev–Trinajstić information content (AvgIpc) is 3.38. The molecular formula is C32H36ClN5O5S. The summed E-state index contributed by atoms with van der Waals surface area (Å²) in [5, 5.41) is 17.9. The number of morpholine rings is 1. The summed E-state index contributed by atoms with van der Waals surface area (Å²) in [5.74, 6) is 5.57. The molecule has 6 rings (SSSR count). The van der Waals surface area contributed by atoms with Crippen molar-refractivity contribution in [1.29, 1.82) is 0 Å². The largest absolute Gasteiger partial charge is 0.480 e. The van der Waals surface area contributed by atoms with E-state index < -0.39 is 22.0 Å². The van der Waals surface area contributed by atoms with E-state index in [0.29, 0.717) is 36.5 Å². The van der Waals surface area contributed by atoms with Gasteiger partial charge in [-0.25, -0.2) is 8.42 Å². The summed E-state index contributed by atoms with van der Waals surface area (Å²) in [6.45, 7) is 6.31. The second-order valence-corrected chi connectivity index (χ2v) is 13.9. The van der Waals surface area contributed by atoms with Gasteiger partial charge < -0.3 is 15.2 Å². The molecule has 1 aromatic heterocycles. The summed E-state index contributed by atoms with van der Waals surface area (Å²) in [6, 6.07) is 10.9. The van der Waals surface area contributed by atoms with Crippen LogP contribution in [0.25, 0.3) is 11.3 Å². The summed E-state index contributed by atoms with van der Waals surface area (Å²) in [4.78, 5) is 13.8. The Morgan fingerprint density at radius 1 is 1.11 bits per heavy atom. The maximum Gasteiger partial charge on any atom is 0.321 e. The Hall–Kier alpha value is -3.24. The van der Waals surface area contributed by atoms with Crippen LogP contribution in [0.15, 0.2) is 36.4 Å². The van der Waals surface area contributed by atoms with Crippen LogP contribution < -0.4 is 5.32 Å². The molecule has 1 fully saturated rings. The minimum atomic E-state index is -3.36. The SMILES string of the molecule is CS(=O)(=O)N1CCc2c(c(-c3ccc(Cl)c(C#Cc4ccc5c(c4)CN[C@@H](C(=O)O)C5)c3)nn2CCCN2CCOCC2)C1. The Kier molecular flexibility index (Phi) is 9.10. The normalized spacial score (nSPS) is 19.1. The van der Waals surface area contributed by atoms with Crippen LogP contribution in [0.5, 0.6) is 0 Å². The third-order valence-corrected chi connectivity index (χ3v) is 10.1. The van der Waals surface area contributed by atoms with Gasteiger partial charge in [-0.1, -0.05) is 35.6 Å². The number of rotatable bonds is 7. The molecule has 232 valence electrons. The van der Waals surface area contributed by atoms with Crippen LogP contribution in [0.2, 0.25) is 5.02 Å². The number of carboxylic acids is 1. The van der Waals surface area contributed by atoms with Gasteiger partial charge in [-0.2, -0.15) is 9.40 Å². The molecule has 0 radical (unpaired) electrons. The lowest BCUT2D eigenvalue weighted by molar-refractivity contribution is -0.139. The fraction of sp³-hybridized carbons (Fsp3) is 0.438. The van der Waals surface area contributed by atoms with Crippen molar-refractivity contribution in [2.24, 2.45) is 0 Å². The van der Waals surface area contributed by atoms with Crippen molar-refractivity contribution < 1.29 is 23.1 Å². The van der Waals surface area contributed by atoms with E-state index in [2.05, 4.69) is 26.7 Å². The smallest absolute Gasteiger partial charge is 0.321 e. The Bertz CT molecular complexity index is 1740. The summed E-state index contributed by atoms with van der Waals surface area (Å²) < 4.78 is 34.0. The van der Waals surface area contributed by atoms with Crippen LogP contribution in [0, 0.1) is 11.8 Å². The highest BCUT2D eigenvalue weighted by molar-refractivity contribution is 7.88. The lowest BCUT2D eigenvalue weighted by atomic mass is 9.94. The van der Waals surface area contributed by atoms with Crippen LogP contribution in [0.4, 0.5) is 0 Å². The van der Waals surface area contributed by atoms with E-state index in [-0.39, 0.29) is 6.54 Å². The quantitative estimate of drug-likeness (QED) is 0.380. The number of sulfonamides is 1. The van der Waals surface area contributed by atoms with Gasteiger partial charge >= 0.3 is 5.97 Å². The summed E-state index contributed by atoms with van der Waals surface area (Å²) in [5.41, 5.74) is 7.11. The zero-order valence-corrected chi connectivity index (χ0v) is 26.3. The van der Waals surface area contributed by atoms with Crippen molar-refractivity contribution in [3.05, 3.63) is 74.9 Å². The predicted octanol–water partition coefficient (Wildman–Crippen LogP) is 2.74. The van der Waals surface area contributed by atoms with Crippen molar-refractivity contribution in [2.75, 3.05) is 45.6 Å². The van der Waals surface area contributed by atoms with Crippen LogP contribution in [0.3, 0.4) is 0 Å². The number of nitrogens with zero attached hydrogens (tertiary/aromatic N) is 4. The Morgan fingerprint density at radius 3 is 2.70 bits per heavy atom. The number of carboxylic acid groups (broad SMARTS) is 1. The van der Waals surface area contributed by atoms with Gasteiger partial charge in [0.05, 0.1) is 30.2 Å². The molecule has 0 saturated carbocycles. The first-order valence-electron chi connectivity index (χ1n) is 14.9. The number of aryl methyl sites for hydroxylation is 1. The number of hydrogen-bond acceptors (Lipinski definition) is 7. The first-order valence-corrected chi connectivity index (χ1v) is 17.1. The molecular weight excluding hydrogens is 602 g/mol. The highest BCUT2D eigenvalue weighted by Crippen LogP contribution is 2.33. The Balaban J connectivity index is 1.27. The van der Waals surface area contributed by atoms with Crippen LogP contribution in [-0.2, 0) is 52.0 Å². The van der Waals surface area contributed by atoms with Crippen LogP contribution >= 0.6 is 11.6 Å². The van der Waals surface area contributed by atoms with E-state index in [9.17, 15) is 18.3 Å². The number of ether oxygens (including phenoxy) is 1. The zero-order valence-electron chi connectivity index (χ0n) is 24.7. The van der Waals surface area contributed by atoms with Gasteiger partial charge in [-0.05, 0) is 48.2 Å². The highest BCUT2D eigenvalue weighted by Gasteiger charge is 2.30. The summed E-state index contributed by atoms with van der Waals surface area (Å²) in [6.07, 6.45) is 3.23. The molecule has 3 aliphatic heterocycles.